The second-order valence-electron chi connectivity index (χ2n) is 4.15. The molecular weight excluding hydrogens is 240 g/mol. The third kappa shape index (κ3) is 4.11. The highest BCUT2D eigenvalue weighted by atomic mass is 79.9. The van der Waals surface area contributed by atoms with Crippen molar-refractivity contribution < 1.29 is 0 Å². The van der Waals surface area contributed by atoms with Crippen LogP contribution in [-0.2, 0) is 0 Å². The number of para-hydroxylation sites is 1. The Morgan fingerprint density at radius 3 is 2.57 bits per heavy atom. The first-order chi connectivity index (χ1) is 6.49. The van der Waals surface area contributed by atoms with Crippen LogP contribution in [0.5, 0.6) is 0 Å². The smallest absolute Gasteiger partial charge is 0.0484 e. The third-order valence-corrected chi connectivity index (χ3v) is 2.65. The first kappa shape index (κ1) is 11.5. The Morgan fingerprint density at radius 1 is 1.36 bits per heavy atom. The molecule has 0 unspecified atom stereocenters. The number of nitrogens with one attached hydrogen (secondary N) is 1. The lowest BCUT2D eigenvalue weighted by molar-refractivity contribution is 0.491. The van der Waals surface area contributed by atoms with Crippen molar-refractivity contribution >= 4 is 21.6 Å². The summed E-state index contributed by atoms with van der Waals surface area (Å²) in [6.45, 7) is 4.97. The Hall–Kier alpha value is -0.540. The average molecular weight is 257 g/mol. The molecular formula is C11H17BrN2. The maximum atomic E-state index is 5.89. The number of anilines is 1. The molecule has 3 heteroatoms. The summed E-state index contributed by atoms with van der Waals surface area (Å²) in [6.07, 6.45) is 0.953. The Morgan fingerprint density at radius 2 is 2.00 bits per heavy atom. The molecule has 0 aliphatic rings. The molecule has 0 aromatic heterocycles. The molecule has 3 N–H and O–H groups in total. The molecule has 0 heterocycles. The van der Waals surface area contributed by atoms with E-state index >= 15 is 0 Å². The van der Waals surface area contributed by atoms with Gasteiger partial charge in [0.15, 0.2) is 0 Å². The number of halogens is 1. The van der Waals surface area contributed by atoms with E-state index in [0.717, 1.165) is 23.1 Å². The highest BCUT2D eigenvalue weighted by Gasteiger charge is 2.09. The Balaban J connectivity index is 2.43. The van der Waals surface area contributed by atoms with Crippen LogP contribution in [0.1, 0.15) is 20.3 Å². The molecule has 0 aliphatic heterocycles. The molecule has 14 heavy (non-hydrogen) atoms. The molecule has 2 nitrogen and oxygen atoms in total. The van der Waals surface area contributed by atoms with Gasteiger partial charge in [-0.2, -0.15) is 0 Å². The van der Waals surface area contributed by atoms with Crippen LogP contribution in [0.4, 0.5) is 5.69 Å². The van der Waals surface area contributed by atoms with Crippen molar-refractivity contribution in [3.63, 3.8) is 0 Å². The van der Waals surface area contributed by atoms with Gasteiger partial charge in [-0.05, 0) is 48.3 Å². The van der Waals surface area contributed by atoms with Crippen molar-refractivity contribution in [3.05, 3.63) is 28.7 Å². The van der Waals surface area contributed by atoms with Crippen LogP contribution in [0.25, 0.3) is 0 Å². The molecule has 0 atom stereocenters. The Kier molecular flexibility index (Phi) is 3.96. The maximum absolute atomic E-state index is 5.89. The van der Waals surface area contributed by atoms with Crippen molar-refractivity contribution in [1.29, 1.82) is 0 Å². The summed E-state index contributed by atoms with van der Waals surface area (Å²) in [5.74, 6) is 0. The lowest BCUT2D eigenvalue weighted by Crippen LogP contribution is -2.34. The molecule has 1 rings (SSSR count). The second kappa shape index (κ2) is 4.80. The minimum atomic E-state index is -0.103. The van der Waals surface area contributed by atoms with Gasteiger partial charge in [0, 0.05) is 22.2 Å². The molecule has 0 saturated heterocycles. The zero-order valence-electron chi connectivity index (χ0n) is 8.68. The number of hydrogen-bond donors (Lipinski definition) is 2. The summed E-state index contributed by atoms with van der Waals surface area (Å²) in [5, 5.41) is 3.34. The summed E-state index contributed by atoms with van der Waals surface area (Å²) in [7, 11) is 0. The van der Waals surface area contributed by atoms with Crippen LogP contribution >= 0.6 is 15.9 Å². The fraction of sp³-hybridized carbons (Fsp3) is 0.455. The molecule has 1 aromatic carbocycles. The summed E-state index contributed by atoms with van der Waals surface area (Å²) >= 11 is 3.48. The molecule has 1 aromatic rings. The molecule has 0 radical (unpaired) electrons. The molecule has 0 fully saturated rings. The van der Waals surface area contributed by atoms with Crippen LogP contribution in [0.2, 0.25) is 0 Å². The second-order valence-corrected chi connectivity index (χ2v) is 5.00. The van der Waals surface area contributed by atoms with Crippen LogP contribution in [0, 0.1) is 0 Å². The van der Waals surface area contributed by atoms with Gasteiger partial charge in [-0.15, -0.1) is 0 Å². The van der Waals surface area contributed by atoms with Crippen molar-refractivity contribution in [2.24, 2.45) is 5.73 Å². The minimum absolute atomic E-state index is 0.103. The van der Waals surface area contributed by atoms with Gasteiger partial charge in [0.1, 0.15) is 0 Å². The molecule has 0 saturated carbocycles. The van der Waals surface area contributed by atoms with E-state index in [2.05, 4.69) is 21.2 Å². The van der Waals surface area contributed by atoms with Crippen LogP contribution in [-0.4, -0.2) is 12.1 Å². The summed E-state index contributed by atoms with van der Waals surface area (Å²) < 4.78 is 1.09. The van der Waals surface area contributed by atoms with E-state index in [1.165, 1.54) is 0 Å². The van der Waals surface area contributed by atoms with Crippen molar-refractivity contribution in [2.45, 2.75) is 25.8 Å². The zero-order valence-corrected chi connectivity index (χ0v) is 10.3. The van der Waals surface area contributed by atoms with Crippen molar-refractivity contribution in [1.82, 2.24) is 0 Å². The predicted octanol–water partition coefficient (Wildman–Crippen LogP) is 2.99. The van der Waals surface area contributed by atoms with Crippen molar-refractivity contribution in [2.75, 3.05) is 11.9 Å². The summed E-state index contributed by atoms with van der Waals surface area (Å²) in [4.78, 5) is 0. The molecule has 0 amide bonds. The van der Waals surface area contributed by atoms with Gasteiger partial charge in [0.05, 0.1) is 0 Å². The van der Waals surface area contributed by atoms with Gasteiger partial charge in [-0.1, -0.05) is 12.1 Å². The largest absolute Gasteiger partial charge is 0.384 e. The molecule has 0 bridgehead atoms. The fourth-order valence-corrected chi connectivity index (χ4v) is 1.55. The van der Waals surface area contributed by atoms with Gasteiger partial charge in [0.25, 0.3) is 0 Å². The predicted molar refractivity (Wildman–Crippen MR) is 65.5 cm³/mol. The molecule has 0 aliphatic carbocycles. The van der Waals surface area contributed by atoms with Gasteiger partial charge in [-0.25, -0.2) is 0 Å². The Bertz CT molecular complexity index is 292. The van der Waals surface area contributed by atoms with E-state index in [0.29, 0.717) is 0 Å². The van der Waals surface area contributed by atoms with Gasteiger partial charge < -0.3 is 11.1 Å². The highest BCUT2D eigenvalue weighted by molar-refractivity contribution is 9.10. The van der Waals surface area contributed by atoms with E-state index in [-0.39, 0.29) is 5.54 Å². The van der Waals surface area contributed by atoms with E-state index < -0.39 is 0 Å². The molecule has 0 spiro atoms. The first-order valence-electron chi connectivity index (χ1n) is 4.76. The van der Waals surface area contributed by atoms with Gasteiger partial charge in [-0.3, -0.25) is 0 Å². The number of benzene rings is 1. The van der Waals surface area contributed by atoms with E-state index in [1.807, 2.05) is 38.1 Å². The van der Waals surface area contributed by atoms with Crippen LogP contribution in [0.3, 0.4) is 0 Å². The fourth-order valence-electron chi connectivity index (χ4n) is 1.12. The summed E-state index contributed by atoms with van der Waals surface area (Å²) in [6, 6.07) is 8.09. The first-order valence-corrected chi connectivity index (χ1v) is 5.56. The number of hydrogen-bond acceptors (Lipinski definition) is 2. The zero-order chi connectivity index (χ0) is 10.6. The number of rotatable bonds is 4. The quantitative estimate of drug-likeness (QED) is 0.870. The number of nitrogens with two attached hydrogens (primary N) is 1. The van der Waals surface area contributed by atoms with Gasteiger partial charge in [0.2, 0.25) is 0 Å². The van der Waals surface area contributed by atoms with Gasteiger partial charge >= 0.3 is 0 Å². The maximum Gasteiger partial charge on any atom is 0.0484 e. The Labute approximate surface area is 94.0 Å². The lowest BCUT2D eigenvalue weighted by Gasteiger charge is -2.19. The van der Waals surface area contributed by atoms with Crippen LogP contribution in [0.15, 0.2) is 28.7 Å². The standard InChI is InChI=1S/C11H17BrN2/c1-11(2,13)7-8-14-10-6-4-3-5-9(10)12/h3-6,14H,7-8,13H2,1-2H3. The monoisotopic (exact) mass is 256 g/mol. The topological polar surface area (TPSA) is 38.0 Å². The highest BCUT2D eigenvalue weighted by Crippen LogP contribution is 2.21. The van der Waals surface area contributed by atoms with E-state index in [4.69, 9.17) is 5.73 Å². The molecule has 78 valence electrons. The lowest BCUT2D eigenvalue weighted by atomic mass is 10.0. The van der Waals surface area contributed by atoms with Crippen LogP contribution < -0.4 is 11.1 Å². The normalized spacial score (nSPS) is 11.4. The van der Waals surface area contributed by atoms with Crippen molar-refractivity contribution in [3.8, 4) is 0 Å². The summed E-state index contributed by atoms with van der Waals surface area (Å²) in [5.41, 5.74) is 6.91. The average Bonchev–Trinajstić information content (AvgIpc) is 2.06. The third-order valence-electron chi connectivity index (χ3n) is 1.96. The van der Waals surface area contributed by atoms with E-state index in [9.17, 15) is 0 Å². The SMILES string of the molecule is CC(C)(N)CCNc1ccccc1Br. The minimum Gasteiger partial charge on any atom is -0.384 e. The van der Waals surface area contributed by atoms with E-state index in [1.54, 1.807) is 0 Å².